The molecule has 0 aliphatic carbocycles. The van der Waals surface area contributed by atoms with Gasteiger partial charge in [0.15, 0.2) is 0 Å². The molecule has 2 rings (SSSR count). The Balaban J connectivity index is 1.60. The number of ether oxygens (including phenoxy) is 1. The summed E-state index contributed by atoms with van der Waals surface area (Å²) in [6.45, 7) is 4.65. The van der Waals surface area contributed by atoms with Crippen molar-refractivity contribution in [2.75, 3.05) is 19.7 Å². The normalized spacial score (nSPS) is 13.7. The number of halogens is 1. The second-order valence-corrected chi connectivity index (χ2v) is 6.30. The molecule has 0 radical (unpaired) electrons. The van der Waals surface area contributed by atoms with Gasteiger partial charge in [0.2, 0.25) is 0 Å². The van der Waals surface area contributed by atoms with E-state index in [-0.39, 0.29) is 0 Å². The number of nitrogens with two attached hydrogens (primary N) is 1. The van der Waals surface area contributed by atoms with Crippen molar-refractivity contribution < 1.29 is 15.2 Å². The van der Waals surface area contributed by atoms with E-state index in [0.29, 0.717) is 25.7 Å². The molecule has 0 unspecified atom stereocenters. The number of quaternary nitrogens is 1. The van der Waals surface area contributed by atoms with Crippen LogP contribution in [0.4, 0.5) is 0 Å². The van der Waals surface area contributed by atoms with Gasteiger partial charge in [-0.05, 0) is 23.3 Å². The van der Waals surface area contributed by atoms with E-state index in [1.807, 2.05) is 30.3 Å². The molecule has 124 valence electrons. The standard InChI is InChI=1S/C19H24ClNO2/c1-15(17-5-3-2-4-6-17)11-21-12-19(22)14-23-13-16-7-9-18(20)10-8-16/h2-10,15,19,21-22H,11-14H2,1H3/p+1/t15-,19-/m1/s1. The monoisotopic (exact) mass is 334 g/mol. The van der Waals surface area contributed by atoms with Crippen LogP contribution in [0.3, 0.4) is 0 Å². The van der Waals surface area contributed by atoms with Gasteiger partial charge in [-0.1, -0.05) is 61.0 Å². The molecule has 2 aromatic rings. The average molecular weight is 335 g/mol. The molecule has 0 aliphatic heterocycles. The second kappa shape index (κ2) is 9.68. The first kappa shape index (κ1) is 18.0. The Bertz CT molecular complexity index is 559. The van der Waals surface area contributed by atoms with Gasteiger partial charge >= 0.3 is 0 Å². The number of hydrogen-bond donors (Lipinski definition) is 2. The number of aliphatic hydroxyl groups is 1. The summed E-state index contributed by atoms with van der Waals surface area (Å²) in [5.41, 5.74) is 2.39. The van der Waals surface area contributed by atoms with E-state index in [4.69, 9.17) is 16.3 Å². The van der Waals surface area contributed by atoms with Gasteiger partial charge in [0, 0.05) is 10.9 Å². The fraction of sp³-hybridized carbons (Fsp3) is 0.368. The van der Waals surface area contributed by atoms with Crippen LogP contribution in [-0.4, -0.2) is 30.9 Å². The maximum Gasteiger partial charge on any atom is 0.126 e. The number of hydrogen-bond acceptors (Lipinski definition) is 2. The van der Waals surface area contributed by atoms with Crippen molar-refractivity contribution in [3.05, 3.63) is 70.7 Å². The first-order chi connectivity index (χ1) is 11.1. The molecule has 0 heterocycles. The lowest BCUT2D eigenvalue weighted by atomic mass is 10.0. The Hall–Kier alpha value is -1.39. The fourth-order valence-electron chi connectivity index (χ4n) is 2.42. The van der Waals surface area contributed by atoms with Crippen molar-refractivity contribution in [1.29, 1.82) is 0 Å². The molecule has 0 aromatic heterocycles. The van der Waals surface area contributed by atoms with Crippen LogP contribution in [0.1, 0.15) is 24.0 Å². The van der Waals surface area contributed by atoms with E-state index in [1.54, 1.807) is 0 Å². The zero-order chi connectivity index (χ0) is 16.5. The summed E-state index contributed by atoms with van der Waals surface area (Å²) in [5, 5.41) is 12.8. The molecule has 3 nitrogen and oxygen atoms in total. The van der Waals surface area contributed by atoms with Crippen molar-refractivity contribution >= 4 is 11.6 Å². The van der Waals surface area contributed by atoms with E-state index < -0.39 is 6.10 Å². The van der Waals surface area contributed by atoms with Crippen molar-refractivity contribution in [3.63, 3.8) is 0 Å². The summed E-state index contributed by atoms with van der Waals surface area (Å²) in [4.78, 5) is 0. The van der Waals surface area contributed by atoms with Crippen molar-refractivity contribution in [1.82, 2.24) is 0 Å². The van der Waals surface area contributed by atoms with Crippen LogP contribution in [0.2, 0.25) is 5.02 Å². The number of rotatable bonds is 9. The van der Waals surface area contributed by atoms with Crippen LogP contribution in [0.15, 0.2) is 54.6 Å². The topological polar surface area (TPSA) is 46.1 Å². The molecule has 3 N–H and O–H groups in total. The molecule has 2 atom stereocenters. The number of aliphatic hydroxyl groups excluding tert-OH is 1. The molecule has 0 aliphatic rings. The van der Waals surface area contributed by atoms with Crippen molar-refractivity contribution in [3.8, 4) is 0 Å². The van der Waals surface area contributed by atoms with Crippen molar-refractivity contribution in [2.24, 2.45) is 0 Å². The zero-order valence-electron chi connectivity index (χ0n) is 13.5. The highest BCUT2D eigenvalue weighted by Crippen LogP contribution is 2.12. The van der Waals surface area contributed by atoms with Crippen molar-refractivity contribution in [2.45, 2.75) is 25.6 Å². The van der Waals surface area contributed by atoms with Crippen LogP contribution in [0.25, 0.3) is 0 Å². The summed E-state index contributed by atoms with van der Waals surface area (Å²) in [6.07, 6.45) is -0.453. The molecule has 0 saturated heterocycles. The molecule has 0 bridgehead atoms. The summed E-state index contributed by atoms with van der Waals surface area (Å²) in [5.74, 6) is 0.471. The minimum atomic E-state index is -0.453. The Labute approximate surface area is 143 Å². The van der Waals surface area contributed by atoms with Gasteiger partial charge in [0.1, 0.15) is 12.6 Å². The van der Waals surface area contributed by atoms with Gasteiger partial charge < -0.3 is 15.2 Å². The molecule has 0 spiro atoms. The van der Waals surface area contributed by atoms with Gasteiger partial charge in [-0.3, -0.25) is 0 Å². The highest BCUT2D eigenvalue weighted by Gasteiger charge is 2.10. The molecular weight excluding hydrogens is 310 g/mol. The summed E-state index contributed by atoms with van der Waals surface area (Å²) >= 11 is 5.84. The van der Waals surface area contributed by atoms with Crippen LogP contribution in [0.5, 0.6) is 0 Å². The summed E-state index contributed by atoms with van der Waals surface area (Å²) < 4.78 is 5.55. The predicted molar refractivity (Wildman–Crippen MR) is 93.6 cm³/mol. The molecule has 4 heteroatoms. The molecular formula is C19H25ClNO2+. The lowest BCUT2D eigenvalue weighted by Crippen LogP contribution is -2.87. The van der Waals surface area contributed by atoms with Crippen LogP contribution in [-0.2, 0) is 11.3 Å². The van der Waals surface area contributed by atoms with Gasteiger partial charge in [-0.15, -0.1) is 0 Å². The first-order valence-corrected chi connectivity index (χ1v) is 8.40. The minimum Gasteiger partial charge on any atom is -0.385 e. The summed E-state index contributed by atoms with van der Waals surface area (Å²) in [7, 11) is 0. The van der Waals surface area contributed by atoms with Gasteiger partial charge in [0.25, 0.3) is 0 Å². The third-order valence-corrected chi connectivity index (χ3v) is 4.07. The smallest absolute Gasteiger partial charge is 0.126 e. The molecule has 0 saturated carbocycles. The molecule has 2 aromatic carbocycles. The van der Waals surface area contributed by atoms with E-state index in [2.05, 4.69) is 36.5 Å². The largest absolute Gasteiger partial charge is 0.385 e. The van der Waals surface area contributed by atoms with E-state index >= 15 is 0 Å². The van der Waals surface area contributed by atoms with E-state index in [0.717, 1.165) is 17.1 Å². The Morgan fingerprint density at radius 1 is 1.04 bits per heavy atom. The predicted octanol–water partition coefficient (Wildman–Crippen LogP) is 2.58. The van der Waals surface area contributed by atoms with Gasteiger partial charge in [0.05, 0.1) is 19.8 Å². The first-order valence-electron chi connectivity index (χ1n) is 8.02. The lowest BCUT2D eigenvalue weighted by Gasteiger charge is -2.13. The van der Waals surface area contributed by atoms with E-state index in [9.17, 15) is 5.11 Å². The van der Waals surface area contributed by atoms with Crippen LogP contribution < -0.4 is 5.32 Å². The quantitative estimate of drug-likeness (QED) is 0.740. The van der Waals surface area contributed by atoms with Crippen LogP contribution in [0, 0.1) is 0 Å². The van der Waals surface area contributed by atoms with Gasteiger partial charge in [-0.2, -0.15) is 0 Å². The Kier molecular flexibility index (Phi) is 7.56. The highest BCUT2D eigenvalue weighted by molar-refractivity contribution is 6.30. The maximum atomic E-state index is 9.98. The number of benzene rings is 2. The summed E-state index contributed by atoms with van der Waals surface area (Å²) in [6, 6.07) is 18.0. The lowest BCUT2D eigenvalue weighted by molar-refractivity contribution is -0.663. The molecule has 0 fully saturated rings. The Morgan fingerprint density at radius 2 is 1.74 bits per heavy atom. The fourth-order valence-corrected chi connectivity index (χ4v) is 2.54. The average Bonchev–Trinajstić information content (AvgIpc) is 2.57. The highest BCUT2D eigenvalue weighted by atomic mass is 35.5. The second-order valence-electron chi connectivity index (χ2n) is 5.87. The minimum absolute atomic E-state index is 0.346. The zero-order valence-corrected chi connectivity index (χ0v) is 14.2. The van der Waals surface area contributed by atoms with E-state index in [1.165, 1.54) is 5.56 Å². The third-order valence-electron chi connectivity index (χ3n) is 3.82. The van der Waals surface area contributed by atoms with Crippen LogP contribution >= 0.6 is 11.6 Å². The third kappa shape index (κ3) is 6.71. The Morgan fingerprint density at radius 3 is 2.43 bits per heavy atom. The molecule has 0 amide bonds. The van der Waals surface area contributed by atoms with Gasteiger partial charge in [-0.25, -0.2) is 0 Å². The SMILES string of the molecule is C[C@H](C[NH2+]C[C@@H](O)COCc1ccc(Cl)cc1)c1ccccc1. The maximum absolute atomic E-state index is 9.98. The molecule has 23 heavy (non-hydrogen) atoms.